The van der Waals surface area contributed by atoms with E-state index in [-0.39, 0.29) is 36.2 Å². The Bertz CT molecular complexity index is 857. The maximum Gasteiger partial charge on any atom is 0.247 e. The van der Waals surface area contributed by atoms with Crippen molar-refractivity contribution in [2.24, 2.45) is 23.7 Å². The smallest absolute Gasteiger partial charge is 0.247 e. The van der Waals surface area contributed by atoms with E-state index in [0.29, 0.717) is 30.1 Å². The molecule has 8 heteroatoms. The normalized spacial score (nSPS) is 26.7. The molecule has 0 unspecified atom stereocenters. The van der Waals surface area contributed by atoms with Crippen LogP contribution in [0.25, 0.3) is 0 Å². The van der Waals surface area contributed by atoms with Crippen LogP contribution in [0.1, 0.15) is 32.6 Å². The van der Waals surface area contributed by atoms with Crippen LogP contribution in [0, 0.1) is 23.7 Å². The van der Waals surface area contributed by atoms with Gasteiger partial charge in [-0.15, -0.1) is 0 Å². The predicted molar refractivity (Wildman–Crippen MR) is 124 cm³/mol. The number of unbranched alkanes of at least 4 members (excludes halogenated alkanes) is 1. The molecule has 32 heavy (non-hydrogen) atoms. The Hall–Kier alpha value is -2.38. The topological polar surface area (TPSA) is 98.7 Å². The van der Waals surface area contributed by atoms with Crippen LogP contribution >= 0.6 is 11.6 Å². The third kappa shape index (κ3) is 4.99. The number of halogens is 1. The Balaban J connectivity index is 1.94. The highest BCUT2D eigenvalue weighted by Crippen LogP contribution is 2.45. The number of likely N-dealkylation sites (tertiary alicyclic amines) is 1. The Morgan fingerprint density at radius 1 is 1.12 bits per heavy atom. The largest absolute Gasteiger partial charge is 0.396 e. The molecule has 0 saturated carbocycles. The summed E-state index contributed by atoms with van der Waals surface area (Å²) in [6.07, 6.45) is 6.79. The van der Waals surface area contributed by atoms with Crippen molar-refractivity contribution in [1.29, 1.82) is 0 Å². The lowest BCUT2D eigenvalue weighted by Crippen LogP contribution is -2.45. The molecule has 1 saturated heterocycles. The van der Waals surface area contributed by atoms with Crippen LogP contribution in [0.3, 0.4) is 0 Å². The fourth-order valence-electron chi connectivity index (χ4n) is 5.01. The summed E-state index contributed by atoms with van der Waals surface area (Å²) in [7, 11) is 1.59. The monoisotopic (exact) mass is 461 g/mol. The van der Waals surface area contributed by atoms with Crippen LogP contribution < -0.4 is 10.6 Å². The van der Waals surface area contributed by atoms with E-state index in [2.05, 4.69) is 17.6 Å². The van der Waals surface area contributed by atoms with Gasteiger partial charge in [0.1, 0.15) is 6.04 Å². The molecule has 5 atom stereocenters. The highest BCUT2D eigenvalue weighted by atomic mass is 35.5. The summed E-state index contributed by atoms with van der Waals surface area (Å²) >= 11 is 5.95. The molecule has 7 nitrogen and oxygen atoms in total. The van der Waals surface area contributed by atoms with Crippen LogP contribution in [0.15, 0.2) is 36.4 Å². The molecule has 1 aliphatic carbocycles. The Kier molecular flexibility index (Phi) is 8.32. The van der Waals surface area contributed by atoms with Crippen molar-refractivity contribution < 1.29 is 19.5 Å². The number of anilines is 1. The van der Waals surface area contributed by atoms with Gasteiger partial charge >= 0.3 is 0 Å². The first kappa shape index (κ1) is 24.3. The van der Waals surface area contributed by atoms with Gasteiger partial charge in [-0.25, -0.2) is 0 Å². The van der Waals surface area contributed by atoms with E-state index >= 15 is 0 Å². The van der Waals surface area contributed by atoms with Gasteiger partial charge in [-0.2, -0.15) is 0 Å². The van der Waals surface area contributed by atoms with Crippen molar-refractivity contribution in [1.82, 2.24) is 10.2 Å². The zero-order valence-electron chi connectivity index (χ0n) is 18.6. The zero-order chi connectivity index (χ0) is 23.3. The molecule has 174 valence electrons. The number of nitrogens with one attached hydrogen (secondary N) is 2. The molecule has 1 aliphatic heterocycles. The molecule has 3 rings (SSSR count). The van der Waals surface area contributed by atoms with Gasteiger partial charge < -0.3 is 20.6 Å². The fraction of sp³-hybridized carbons (Fsp3) is 0.542. The summed E-state index contributed by atoms with van der Waals surface area (Å²) in [6, 6.07) is 6.09. The summed E-state index contributed by atoms with van der Waals surface area (Å²) in [5, 5.41) is 15.4. The molecule has 0 spiro atoms. The Morgan fingerprint density at radius 2 is 1.84 bits per heavy atom. The summed E-state index contributed by atoms with van der Waals surface area (Å²) in [6.45, 7) is 2.44. The molecule has 1 heterocycles. The van der Waals surface area contributed by atoms with E-state index in [4.69, 9.17) is 11.6 Å². The fourth-order valence-corrected chi connectivity index (χ4v) is 5.14. The maximum absolute atomic E-state index is 13.6. The van der Waals surface area contributed by atoms with E-state index in [0.717, 1.165) is 12.8 Å². The SMILES string of the molecule is CCC[C@@H]1C=C[C@H]2[C@H](C(=O)N(CCCCO)[C@@H]2C(=O)Nc2ccc(Cl)cc2)[C@@H]1C(=O)NC. The zero-order valence-corrected chi connectivity index (χ0v) is 19.3. The number of amides is 3. The van der Waals surface area contributed by atoms with Gasteiger partial charge in [-0.1, -0.05) is 37.1 Å². The Morgan fingerprint density at radius 3 is 2.47 bits per heavy atom. The van der Waals surface area contributed by atoms with Crippen LogP contribution in [0.5, 0.6) is 0 Å². The number of benzene rings is 1. The molecule has 1 aromatic carbocycles. The van der Waals surface area contributed by atoms with E-state index in [9.17, 15) is 19.5 Å². The second-order valence-electron chi connectivity index (χ2n) is 8.48. The van der Waals surface area contributed by atoms with Gasteiger partial charge in [0.15, 0.2) is 0 Å². The molecule has 1 aromatic rings. The molecule has 0 bridgehead atoms. The molecule has 0 radical (unpaired) electrons. The highest BCUT2D eigenvalue weighted by Gasteiger charge is 2.56. The third-order valence-corrected chi connectivity index (χ3v) is 6.72. The molecule has 3 N–H and O–H groups in total. The van der Waals surface area contributed by atoms with Gasteiger partial charge in [0.05, 0.1) is 11.8 Å². The van der Waals surface area contributed by atoms with Gasteiger partial charge in [0.25, 0.3) is 0 Å². The van der Waals surface area contributed by atoms with E-state index < -0.39 is 17.9 Å². The van der Waals surface area contributed by atoms with Crippen LogP contribution in [-0.4, -0.2) is 54.0 Å². The number of nitrogens with zero attached hydrogens (tertiary/aromatic N) is 1. The average Bonchev–Trinajstić information content (AvgIpc) is 3.07. The van der Waals surface area contributed by atoms with Crippen LogP contribution in [0.4, 0.5) is 5.69 Å². The number of aliphatic hydroxyl groups excluding tert-OH is 1. The van der Waals surface area contributed by atoms with Crippen LogP contribution in [0.2, 0.25) is 5.02 Å². The Labute approximate surface area is 194 Å². The van der Waals surface area contributed by atoms with E-state index in [1.165, 1.54) is 0 Å². The second kappa shape index (κ2) is 11.0. The molecule has 1 fully saturated rings. The second-order valence-corrected chi connectivity index (χ2v) is 8.92. The molecule has 3 amide bonds. The molecule has 0 aromatic heterocycles. The lowest BCUT2D eigenvalue weighted by Gasteiger charge is -2.34. The number of aliphatic hydroxyl groups is 1. The van der Waals surface area contributed by atoms with Gasteiger partial charge in [0.2, 0.25) is 17.7 Å². The van der Waals surface area contributed by atoms with E-state index in [1.54, 1.807) is 36.2 Å². The first-order valence-electron chi connectivity index (χ1n) is 11.3. The number of allylic oxidation sites excluding steroid dienone is 1. The maximum atomic E-state index is 13.6. The first-order valence-corrected chi connectivity index (χ1v) is 11.7. The number of rotatable bonds is 9. The highest BCUT2D eigenvalue weighted by molar-refractivity contribution is 6.30. The van der Waals surface area contributed by atoms with Crippen molar-refractivity contribution >= 4 is 35.0 Å². The number of carbonyl (C=O) groups is 3. The molecular formula is C24H32ClN3O4. The molecule has 2 aliphatic rings. The third-order valence-electron chi connectivity index (χ3n) is 6.47. The summed E-state index contributed by atoms with van der Waals surface area (Å²) in [5.41, 5.74) is 0.595. The standard InChI is InChI=1S/C24H32ClN3O4/c1-3-6-15-7-12-18-20(19(15)22(30)26-2)24(32)28(13-4-5-14-29)21(18)23(31)27-17-10-8-16(25)9-11-17/h7-12,15,18-21,29H,3-6,13-14H2,1-2H3,(H,26,30)(H,27,31)/t15-,18+,19-,20+,21+/m1/s1. The van der Waals surface area contributed by atoms with Gasteiger partial charge in [-0.3, -0.25) is 14.4 Å². The average molecular weight is 462 g/mol. The minimum Gasteiger partial charge on any atom is -0.396 e. The summed E-state index contributed by atoms with van der Waals surface area (Å²) in [5.74, 6) is -2.12. The quantitative estimate of drug-likeness (QED) is 0.389. The number of hydrogen-bond donors (Lipinski definition) is 3. The molecular weight excluding hydrogens is 430 g/mol. The summed E-state index contributed by atoms with van der Waals surface area (Å²) in [4.78, 5) is 41.4. The van der Waals surface area contributed by atoms with Gasteiger partial charge in [0, 0.05) is 36.8 Å². The number of hydrogen-bond acceptors (Lipinski definition) is 4. The number of carbonyl (C=O) groups excluding carboxylic acids is 3. The van der Waals surface area contributed by atoms with E-state index in [1.807, 2.05) is 12.2 Å². The van der Waals surface area contributed by atoms with Crippen molar-refractivity contribution in [3.63, 3.8) is 0 Å². The first-order chi connectivity index (χ1) is 15.4. The van der Waals surface area contributed by atoms with Crippen molar-refractivity contribution in [3.8, 4) is 0 Å². The number of fused-ring (bicyclic) bond motifs is 1. The summed E-state index contributed by atoms with van der Waals surface area (Å²) < 4.78 is 0. The van der Waals surface area contributed by atoms with Crippen molar-refractivity contribution in [2.75, 3.05) is 25.5 Å². The van der Waals surface area contributed by atoms with Crippen molar-refractivity contribution in [3.05, 3.63) is 41.4 Å². The predicted octanol–water partition coefficient (Wildman–Crippen LogP) is 2.84. The minimum atomic E-state index is -0.715. The lowest BCUT2D eigenvalue weighted by atomic mass is 9.68. The van der Waals surface area contributed by atoms with Crippen molar-refractivity contribution in [2.45, 2.75) is 38.6 Å². The van der Waals surface area contributed by atoms with Gasteiger partial charge in [-0.05, 0) is 49.4 Å². The minimum absolute atomic E-state index is 0.0237. The van der Waals surface area contributed by atoms with Crippen LogP contribution in [-0.2, 0) is 14.4 Å². The lowest BCUT2D eigenvalue weighted by molar-refractivity contribution is -0.140.